The Kier molecular flexibility index (Phi) is 6.31. The first kappa shape index (κ1) is 23.7. The SMILES string of the molecule is CNC(=O)[C@H]1O[C@@H](n2cnc3c(N)nc(C#CCN(C(=O)c4ccco4)C4CCC4)nc32)[C@H](O)[C@H]1O. The van der Waals surface area contributed by atoms with E-state index in [0.29, 0.717) is 0 Å². The van der Waals surface area contributed by atoms with Crippen LogP contribution in [-0.2, 0) is 9.53 Å². The van der Waals surface area contributed by atoms with Crippen LogP contribution in [0.1, 0.15) is 41.9 Å². The molecule has 36 heavy (non-hydrogen) atoms. The van der Waals surface area contributed by atoms with Crippen LogP contribution in [0.15, 0.2) is 29.1 Å². The number of carbonyl (C=O) groups is 2. The average molecular weight is 495 g/mol. The van der Waals surface area contributed by atoms with E-state index in [1.807, 2.05) is 0 Å². The molecule has 1 saturated heterocycles. The number of furan rings is 1. The third-order valence-corrected chi connectivity index (χ3v) is 6.42. The standard InChI is InChI=1S/C23H25N7O6/c1-25-21(33)18-16(31)17(32)23(36-18)30-11-26-15-19(24)27-14(28-20(15)30)8-3-9-29(12-5-2-6-12)22(34)13-7-4-10-35-13/h4,7,10-12,16-18,23,31-32H,2,5-6,9H2,1H3,(H,25,33)(H2,24,27,28)/t16-,17-,18+,23-/m1/s1. The van der Waals surface area contributed by atoms with Crippen LogP contribution < -0.4 is 11.1 Å². The molecule has 3 aromatic rings. The van der Waals surface area contributed by atoms with Crippen molar-refractivity contribution in [2.75, 3.05) is 19.3 Å². The minimum atomic E-state index is -1.45. The molecule has 0 unspecified atom stereocenters. The number of hydrogen-bond donors (Lipinski definition) is 4. The van der Waals surface area contributed by atoms with Crippen molar-refractivity contribution in [3.8, 4) is 11.8 Å². The normalized spacial score (nSPS) is 23.6. The second-order valence-corrected chi connectivity index (χ2v) is 8.60. The molecule has 3 aromatic heterocycles. The van der Waals surface area contributed by atoms with Crippen LogP contribution in [0, 0.1) is 11.8 Å². The second kappa shape index (κ2) is 9.57. The van der Waals surface area contributed by atoms with E-state index < -0.39 is 30.4 Å². The smallest absolute Gasteiger partial charge is 0.290 e. The van der Waals surface area contributed by atoms with Gasteiger partial charge in [0.2, 0.25) is 5.82 Å². The first-order valence-corrected chi connectivity index (χ1v) is 11.5. The zero-order valence-electron chi connectivity index (χ0n) is 19.4. The molecule has 5 N–H and O–H groups in total. The zero-order valence-corrected chi connectivity index (χ0v) is 19.4. The lowest BCUT2D eigenvalue weighted by Crippen LogP contribution is -2.44. The molecular weight excluding hydrogens is 470 g/mol. The van der Waals surface area contributed by atoms with E-state index in [1.165, 1.54) is 24.2 Å². The van der Waals surface area contributed by atoms with Gasteiger partial charge < -0.3 is 35.3 Å². The van der Waals surface area contributed by atoms with Crippen molar-refractivity contribution < 1.29 is 29.0 Å². The van der Waals surface area contributed by atoms with Crippen LogP contribution in [0.3, 0.4) is 0 Å². The summed E-state index contributed by atoms with van der Waals surface area (Å²) in [5.41, 5.74) is 6.52. The summed E-state index contributed by atoms with van der Waals surface area (Å²) >= 11 is 0. The summed E-state index contributed by atoms with van der Waals surface area (Å²) in [6, 6.07) is 3.37. The predicted octanol–water partition coefficient (Wildman–Crippen LogP) is -0.587. The predicted molar refractivity (Wildman–Crippen MR) is 124 cm³/mol. The Morgan fingerprint density at radius 2 is 2.11 bits per heavy atom. The Balaban J connectivity index is 1.41. The average Bonchev–Trinajstić information content (AvgIpc) is 3.57. The Morgan fingerprint density at radius 1 is 1.31 bits per heavy atom. The Morgan fingerprint density at radius 3 is 2.78 bits per heavy atom. The molecule has 2 fully saturated rings. The Labute approximate surface area is 205 Å². The van der Waals surface area contributed by atoms with Crippen molar-refractivity contribution in [1.82, 2.24) is 29.7 Å². The second-order valence-electron chi connectivity index (χ2n) is 8.60. The molecule has 0 aromatic carbocycles. The minimum Gasteiger partial charge on any atom is -0.459 e. The van der Waals surface area contributed by atoms with Crippen LogP contribution in [0.25, 0.3) is 11.2 Å². The summed E-state index contributed by atoms with van der Waals surface area (Å²) in [6.45, 7) is 0.148. The molecule has 1 aliphatic heterocycles. The first-order valence-electron chi connectivity index (χ1n) is 11.5. The first-order chi connectivity index (χ1) is 17.4. The highest BCUT2D eigenvalue weighted by Crippen LogP contribution is 2.32. The van der Waals surface area contributed by atoms with Gasteiger partial charge in [-0.25, -0.2) is 15.0 Å². The molecule has 13 nitrogen and oxygen atoms in total. The summed E-state index contributed by atoms with van der Waals surface area (Å²) in [5.74, 6) is 5.36. The van der Waals surface area contributed by atoms with E-state index in [-0.39, 0.29) is 47.1 Å². The number of nitrogen functional groups attached to an aromatic ring is 1. The highest BCUT2D eigenvalue weighted by atomic mass is 16.6. The van der Waals surface area contributed by atoms with Gasteiger partial charge in [-0.1, -0.05) is 5.92 Å². The molecule has 0 radical (unpaired) electrons. The maximum atomic E-state index is 12.8. The number of nitrogens with zero attached hydrogens (tertiary/aromatic N) is 5. The summed E-state index contributed by atoms with van der Waals surface area (Å²) in [5, 5.41) is 23.2. The van der Waals surface area contributed by atoms with Crippen molar-refractivity contribution in [2.24, 2.45) is 0 Å². The Hall–Kier alpha value is -3.99. The number of anilines is 1. The number of carbonyl (C=O) groups excluding carboxylic acids is 2. The molecule has 1 aliphatic carbocycles. The van der Waals surface area contributed by atoms with Crippen molar-refractivity contribution in [3.05, 3.63) is 36.3 Å². The number of aliphatic hydroxyl groups is 2. The summed E-state index contributed by atoms with van der Waals surface area (Å²) in [7, 11) is 1.40. The van der Waals surface area contributed by atoms with Crippen molar-refractivity contribution in [2.45, 2.75) is 49.8 Å². The van der Waals surface area contributed by atoms with E-state index in [1.54, 1.807) is 17.0 Å². The summed E-state index contributed by atoms with van der Waals surface area (Å²) in [6.07, 6.45) is 0.357. The van der Waals surface area contributed by atoms with Gasteiger partial charge in [-0.05, 0) is 37.3 Å². The quantitative estimate of drug-likeness (QED) is 0.334. The molecule has 4 heterocycles. The lowest BCUT2D eigenvalue weighted by molar-refractivity contribution is -0.137. The number of rotatable bonds is 5. The number of fused-ring (bicyclic) bond motifs is 1. The van der Waals surface area contributed by atoms with Gasteiger partial charge in [-0.3, -0.25) is 14.2 Å². The van der Waals surface area contributed by atoms with Gasteiger partial charge in [0.05, 0.1) is 19.1 Å². The number of amides is 2. The number of aliphatic hydroxyl groups excluding tert-OH is 2. The van der Waals surface area contributed by atoms with E-state index in [0.717, 1.165) is 19.3 Å². The van der Waals surface area contributed by atoms with Crippen LogP contribution in [-0.4, -0.2) is 84.4 Å². The number of likely N-dealkylation sites (N-methyl/N-ethyl adjacent to an activating group) is 1. The third-order valence-electron chi connectivity index (χ3n) is 6.42. The van der Waals surface area contributed by atoms with E-state index >= 15 is 0 Å². The molecule has 5 rings (SSSR count). The molecule has 188 valence electrons. The number of aromatic nitrogens is 4. The van der Waals surface area contributed by atoms with Crippen molar-refractivity contribution in [1.29, 1.82) is 0 Å². The fraction of sp³-hybridized carbons (Fsp3) is 0.435. The number of imidazole rings is 1. The van der Waals surface area contributed by atoms with Gasteiger partial charge in [0.15, 0.2) is 29.6 Å². The number of nitrogens with one attached hydrogen (secondary N) is 1. The Bertz CT molecular complexity index is 1340. The molecule has 2 aliphatic rings. The monoisotopic (exact) mass is 495 g/mol. The van der Waals surface area contributed by atoms with Crippen LogP contribution in [0.4, 0.5) is 5.82 Å². The number of ether oxygens (including phenoxy) is 1. The van der Waals surface area contributed by atoms with Gasteiger partial charge in [-0.2, -0.15) is 0 Å². The van der Waals surface area contributed by atoms with Crippen LogP contribution in [0.2, 0.25) is 0 Å². The summed E-state index contributed by atoms with van der Waals surface area (Å²) < 4.78 is 12.2. The van der Waals surface area contributed by atoms with Gasteiger partial charge >= 0.3 is 0 Å². The third kappa shape index (κ3) is 4.15. The van der Waals surface area contributed by atoms with E-state index in [9.17, 15) is 19.8 Å². The molecule has 1 saturated carbocycles. The fourth-order valence-electron chi connectivity index (χ4n) is 4.24. The number of hydrogen-bond acceptors (Lipinski definition) is 10. The largest absolute Gasteiger partial charge is 0.459 e. The molecule has 0 bridgehead atoms. The van der Waals surface area contributed by atoms with E-state index in [4.69, 9.17) is 14.9 Å². The van der Waals surface area contributed by atoms with Gasteiger partial charge in [0.1, 0.15) is 17.7 Å². The van der Waals surface area contributed by atoms with Crippen molar-refractivity contribution in [3.63, 3.8) is 0 Å². The van der Waals surface area contributed by atoms with Gasteiger partial charge in [0.25, 0.3) is 11.8 Å². The molecule has 4 atom stereocenters. The molecular formula is C23H25N7O6. The van der Waals surface area contributed by atoms with E-state index in [2.05, 4.69) is 32.1 Å². The van der Waals surface area contributed by atoms with Crippen molar-refractivity contribution >= 4 is 28.8 Å². The highest BCUT2D eigenvalue weighted by molar-refractivity contribution is 5.92. The molecule has 13 heteroatoms. The topological polar surface area (TPSA) is 182 Å². The van der Waals surface area contributed by atoms with Crippen LogP contribution in [0.5, 0.6) is 0 Å². The lowest BCUT2D eigenvalue weighted by Gasteiger charge is -2.35. The maximum Gasteiger partial charge on any atom is 0.290 e. The molecule has 2 amide bonds. The van der Waals surface area contributed by atoms with Crippen LogP contribution >= 0.6 is 0 Å². The lowest BCUT2D eigenvalue weighted by atomic mass is 9.91. The molecule has 0 spiro atoms. The van der Waals surface area contributed by atoms with Gasteiger partial charge in [0, 0.05) is 13.1 Å². The zero-order chi connectivity index (χ0) is 25.4. The highest BCUT2D eigenvalue weighted by Gasteiger charge is 2.47. The van der Waals surface area contributed by atoms with Gasteiger partial charge in [-0.15, -0.1) is 0 Å². The summed E-state index contributed by atoms with van der Waals surface area (Å²) in [4.78, 5) is 39.3. The fourth-order valence-corrected chi connectivity index (χ4v) is 4.24. The maximum absolute atomic E-state index is 12.8. The minimum absolute atomic E-state index is 0.0569. The number of nitrogens with two attached hydrogens (primary N) is 1.